The molecule has 2 bridgehead atoms. The van der Waals surface area contributed by atoms with E-state index in [0.717, 1.165) is 0 Å². The molecule has 0 aromatic heterocycles. The molecule has 2 aliphatic heterocycles. The molecule has 0 amide bonds. The first kappa shape index (κ1) is 13.9. The van der Waals surface area contributed by atoms with Crippen LogP contribution in [0.3, 0.4) is 0 Å². The van der Waals surface area contributed by atoms with Gasteiger partial charge in [-0.2, -0.15) is 0 Å². The standard InChI is InChI=1S/C15H22O5/c1-11(2)13(5)7-8-19-15(11)12(3,4)20-10(17)14(13,15)9(16)18-6/h7-8H2,1-6H3/t13-,14+,15-/m1/s1. The van der Waals surface area contributed by atoms with Crippen molar-refractivity contribution in [2.24, 2.45) is 16.2 Å². The largest absolute Gasteiger partial charge is 0.468 e. The van der Waals surface area contributed by atoms with E-state index in [-0.39, 0.29) is 5.41 Å². The third-order valence-electron chi connectivity index (χ3n) is 6.53. The third-order valence-corrected chi connectivity index (χ3v) is 6.53. The van der Waals surface area contributed by atoms with Crippen LogP contribution in [0, 0.1) is 16.2 Å². The molecule has 5 nitrogen and oxygen atoms in total. The Morgan fingerprint density at radius 3 is 2.35 bits per heavy atom. The first-order chi connectivity index (χ1) is 9.07. The van der Waals surface area contributed by atoms with Crippen molar-refractivity contribution in [2.75, 3.05) is 13.7 Å². The van der Waals surface area contributed by atoms with Crippen molar-refractivity contribution in [1.29, 1.82) is 0 Å². The van der Waals surface area contributed by atoms with Crippen molar-refractivity contribution in [3.63, 3.8) is 0 Å². The second-order valence-electron chi connectivity index (χ2n) is 7.38. The minimum absolute atomic E-state index is 0.359. The third kappa shape index (κ3) is 0.850. The van der Waals surface area contributed by atoms with Gasteiger partial charge in [0.25, 0.3) is 0 Å². The van der Waals surface area contributed by atoms with Crippen molar-refractivity contribution >= 4 is 11.9 Å². The highest BCUT2D eigenvalue weighted by Gasteiger charge is 2.98. The van der Waals surface area contributed by atoms with Crippen LogP contribution in [0.4, 0.5) is 0 Å². The van der Waals surface area contributed by atoms with Crippen LogP contribution in [0.2, 0.25) is 0 Å². The number of cyclic esters (lactones) is 1. The zero-order valence-electron chi connectivity index (χ0n) is 13.0. The Balaban J connectivity index is 2.35. The van der Waals surface area contributed by atoms with Crippen molar-refractivity contribution in [1.82, 2.24) is 0 Å². The van der Waals surface area contributed by atoms with Gasteiger partial charge in [-0.25, -0.2) is 0 Å². The van der Waals surface area contributed by atoms with Gasteiger partial charge in [-0.3, -0.25) is 9.59 Å². The van der Waals surface area contributed by atoms with E-state index in [1.54, 1.807) is 0 Å². The summed E-state index contributed by atoms with van der Waals surface area (Å²) in [5, 5.41) is 0. The van der Waals surface area contributed by atoms with Gasteiger partial charge >= 0.3 is 11.9 Å². The lowest BCUT2D eigenvalue weighted by Gasteiger charge is -2.77. The van der Waals surface area contributed by atoms with Gasteiger partial charge in [0.15, 0.2) is 0 Å². The number of hydrogen-bond donors (Lipinski definition) is 0. The molecule has 1 saturated carbocycles. The van der Waals surface area contributed by atoms with E-state index in [2.05, 4.69) is 13.8 Å². The SMILES string of the molecule is COC(=O)[C@@]12C(=O)OC(C)(C)[C@@]13OCC[C@]2(C)C3(C)C. The maximum atomic E-state index is 12.7. The fraction of sp³-hybridized carbons (Fsp3) is 0.867. The minimum Gasteiger partial charge on any atom is -0.468 e. The lowest BCUT2D eigenvalue weighted by atomic mass is 9.26. The van der Waals surface area contributed by atoms with E-state index in [1.807, 2.05) is 20.8 Å². The van der Waals surface area contributed by atoms with Crippen molar-refractivity contribution in [3.8, 4) is 0 Å². The van der Waals surface area contributed by atoms with Crippen molar-refractivity contribution in [3.05, 3.63) is 0 Å². The van der Waals surface area contributed by atoms with Gasteiger partial charge in [0.2, 0.25) is 5.41 Å². The number of ether oxygens (including phenoxy) is 3. The number of esters is 2. The summed E-state index contributed by atoms with van der Waals surface area (Å²) >= 11 is 0. The summed E-state index contributed by atoms with van der Waals surface area (Å²) < 4.78 is 16.7. The number of carbonyl (C=O) groups excluding carboxylic acids is 2. The van der Waals surface area contributed by atoms with Gasteiger partial charge in [-0.05, 0) is 20.3 Å². The molecule has 0 radical (unpaired) electrons. The topological polar surface area (TPSA) is 61.8 Å². The zero-order chi connectivity index (χ0) is 15.2. The van der Waals surface area contributed by atoms with Crippen LogP contribution in [0.1, 0.15) is 41.0 Å². The van der Waals surface area contributed by atoms with E-state index in [0.29, 0.717) is 13.0 Å². The van der Waals surface area contributed by atoms with Gasteiger partial charge in [0, 0.05) is 17.4 Å². The summed E-state index contributed by atoms with van der Waals surface area (Å²) in [5.74, 6) is -1.04. The Morgan fingerprint density at radius 2 is 1.80 bits per heavy atom. The molecule has 3 atom stereocenters. The van der Waals surface area contributed by atoms with Gasteiger partial charge in [-0.15, -0.1) is 0 Å². The van der Waals surface area contributed by atoms with Crippen LogP contribution in [0.25, 0.3) is 0 Å². The van der Waals surface area contributed by atoms with Crippen LogP contribution < -0.4 is 0 Å². The second-order valence-corrected chi connectivity index (χ2v) is 7.38. The number of methoxy groups -OCH3 is 1. The first-order valence-corrected chi connectivity index (χ1v) is 7.03. The maximum Gasteiger partial charge on any atom is 0.327 e. The molecule has 0 unspecified atom stereocenters. The summed E-state index contributed by atoms with van der Waals surface area (Å²) in [5.41, 5.74) is -4.05. The highest BCUT2D eigenvalue weighted by atomic mass is 16.6. The van der Waals surface area contributed by atoms with Crippen LogP contribution >= 0.6 is 0 Å². The Bertz CT molecular complexity index is 522. The van der Waals surface area contributed by atoms with Crippen LogP contribution in [0.5, 0.6) is 0 Å². The Morgan fingerprint density at radius 1 is 1.20 bits per heavy atom. The first-order valence-electron chi connectivity index (χ1n) is 7.03. The molecule has 20 heavy (non-hydrogen) atoms. The fourth-order valence-electron chi connectivity index (χ4n) is 5.58. The molecular formula is C15H22O5. The van der Waals surface area contributed by atoms with Gasteiger partial charge in [0.1, 0.15) is 11.2 Å². The molecule has 5 heteroatoms. The van der Waals surface area contributed by atoms with E-state index < -0.39 is 34.0 Å². The average molecular weight is 282 g/mol. The predicted molar refractivity (Wildman–Crippen MR) is 69.8 cm³/mol. The van der Waals surface area contributed by atoms with E-state index in [4.69, 9.17) is 14.2 Å². The average Bonchev–Trinajstić information content (AvgIpc) is 2.53. The molecular weight excluding hydrogens is 260 g/mol. The molecule has 3 rings (SSSR count). The van der Waals surface area contributed by atoms with Crippen LogP contribution in [0.15, 0.2) is 0 Å². The number of hydrogen-bond acceptors (Lipinski definition) is 5. The summed E-state index contributed by atoms with van der Waals surface area (Å²) in [6.07, 6.45) is 0.641. The van der Waals surface area contributed by atoms with Gasteiger partial charge in [-0.1, -0.05) is 20.8 Å². The lowest BCUT2D eigenvalue weighted by molar-refractivity contribution is -0.396. The predicted octanol–water partition coefficient (Wildman–Crippen LogP) is 1.69. The Hall–Kier alpha value is -1.10. The highest BCUT2D eigenvalue weighted by molar-refractivity contribution is 6.07. The molecule has 3 aliphatic rings. The minimum atomic E-state index is -1.35. The van der Waals surface area contributed by atoms with Gasteiger partial charge < -0.3 is 14.2 Å². The Kier molecular flexibility index (Phi) is 2.23. The molecule has 112 valence electrons. The quantitative estimate of drug-likeness (QED) is 0.541. The molecule has 0 aromatic rings. The van der Waals surface area contributed by atoms with Crippen molar-refractivity contribution in [2.45, 2.75) is 52.2 Å². The van der Waals surface area contributed by atoms with E-state index in [1.165, 1.54) is 7.11 Å². The van der Waals surface area contributed by atoms with Crippen molar-refractivity contribution < 1.29 is 23.8 Å². The Labute approximate surface area is 118 Å². The fourth-order valence-corrected chi connectivity index (χ4v) is 5.58. The summed E-state index contributed by atoms with van der Waals surface area (Å²) in [4.78, 5) is 25.3. The van der Waals surface area contributed by atoms with Crippen LogP contribution in [-0.4, -0.2) is 36.9 Å². The summed E-state index contributed by atoms with van der Waals surface area (Å²) in [6.45, 7) is 10.3. The number of carbonyl (C=O) groups is 2. The molecule has 2 saturated heterocycles. The molecule has 2 heterocycles. The molecule has 1 aliphatic carbocycles. The normalized spacial score (nSPS) is 47.0. The zero-order valence-corrected chi connectivity index (χ0v) is 13.0. The van der Waals surface area contributed by atoms with E-state index >= 15 is 0 Å². The summed E-state index contributed by atoms with van der Waals surface area (Å²) in [7, 11) is 1.31. The second kappa shape index (κ2) is 3.21. The molecule has 0 spiro atoms. The highest BCUT2D eigenvalue weighted by Crippen LogP contribution is 2.84. The summed E-state index contributed by atoms with van der Waals surface area (Å²) in [6, 6.07) is 0. The maximum absolute atomic E-state index is 12.7. The smallest absolute Gasteiger partial charge is 0.327 e. The number of rotatable bonds is 1. The molecule has 0 aromatic carbocycles. The van der Waals surface area contributed by atoms with Crippen LogP contribution in [-0.2, 0) is 23.8 Å². The lowest BCUT2D eigenvalue weighted by Crippen LogP contribution is -2.89. The van der Waals surface area contributed by atoms with Gasteiger partial charge in [0.05, 0.1) is 7.11 Å². The monoisotopic (exact) mass is 282 g/mol. The molecule has 0 N–H and O–H groups in total. The molecule has 3 fully saturated rings. The van der Waals surface area contributed by atoms with E-state index in [9.17, 15) is 9.59 Å².